The molecule has 4 heteroatoms. The molecule has 0 aliphatic heterocycles. The van der Waals surface area contributed by atoms with Gasteiger partial charge in [-0.1, -0.05) is 36.1 Å². The van der Waals surface area contributed by atoms with Crippen LogP contribution in [0.1, 0.15) is 55.2 Å². The average molecular weight is 357 g/mol. The van der Waals surface area contributed by atoms with Gasteiger partial charge in [0.1, 0.15) is 5.15 Å². The van der Waals surface area contributed by atoms with Crippen molar-refractivity contribution in [3.8, 4) is 0 Å². The molecule has 2 aliphatic carbocycles. The number of nitrogens with zero attached hydrogens (tertiary/aromatic N) is 2. The van der Waals surface area contributed by atoms with Crippen LogP contribution in [0.3, 0.4) is 0 Å². The van der Waals surface area contributed by atoms with E-state index in [-0.39, 0.29) is 5.92 Å². The molecule has 1 aromatic heterocycles. The van der Waals surface area contributed by atoms with Gasteiger partial charge in [-0.15, -0.1) is 0 Å². The summed E-state index contributed by atoms with van der Waals surface area (Å²) in [5.41, 5.74) is 4.30. The van der Waals surface area contributed by atoms with Crippen LogP contribution < -0.4 is 0 Å². The zero-order chi connectivity index (χ0) is 17.6. The fourth-order valence-electron chi connectivity index (χ4n) is 4.13. The van der Waals surface area contributed by atoms with Gasteiger partial charge in [-0.05, 0) is 57.2 Å². The van der Waals surface area contributed by atoms with E-state index in [9.17, 15) is 4.79 Å². The van der Waals surface area contributed by atoms with Gasteiger partial charge in [0.25, 0.3) is 0 Å². The lowest BCUT2D eigenvalue weighted by atomic mass is 10.0. The number of benzene rings is 1. The molecule has 0 N–H and O–H groups in total. The zero-order valence-corrected chi connectivity index (χ0v) is 15.8. The van der Waals surface area contributed by atoms with Crippen LogP contribution in [-0.2, 0) is 11.3 Å². The number of aryl methyl sites for hydroxylation is 2. The molecule has 0 radical (unpaired) electrons. The molecule has 132 valence electrons. The summed E-state index contributed by atoms with van der Waals surface area (Å²) in [6.07, 6.45) is 6.78. The van der Waals surface area contributed by atoms with E-state index >= 15 is 0 Å². The van der Waals surface area contributed by atoms with Crippen molar-refractivity contribution in [2.24, 2.45) is 5.92 Å². The van der Waals surface area contributed by atoms with Gasteiger partial charge in [-0.2, -0.15) is 0 Å². The molecule has 0 spiro atoms. The highest BCUT2D eigenvalue weighted by Crippen LogP contribution is 2.36. The lowest BCUT2D eigenvalue weighted by Gasteiger charge is -2.29. The van der Waals surface area contributed by atoms with Crippen LogP contribution in [0.5, 0.6) is 0 Å². The number of hydrogen-bond acceptors (Lipinski definition) is 2. The third-order valence-electron chi connectivity index (χ3n) is 5.59. The Hall–Kier alpha value is -1.61. The van der Waals surface area contributed by atoms with Crippen LogP contribution in [0.15, 0.2) is 18.2 Å². The van der Waals surface area contributed by atoms with Gasteiger partial charge in [0.2, 0.25) is 5.91 Å². The number of halogens is 1. The van der Waals surface area contributed by atoms with E-state index in [1.807, 2.05) is 0 Å². The predicted octanol–water partition coefficient (Wildman–Crippen LogP) is 5.19. The van der Waals surface area contributed by atoms with Crippen LogP contribution in [-0.4, -0.2) is 21.8 Å². The lowest BCUT2D eigenvalue weighted by Crippen LogP contribution is -2.39. The van der Waals surface area contributed by atoms with Crippen molar-refractivity contribution in [3.63, 3.8) is 0 Å². The minimum absolute atomic E-state index is 0.247. The SMILES string of the molecule is Cc1cc(C)c2nc(Cl)c(CN(C(=O)C3CC3)C3CCCC3)cc2c1. The van der Waals surface area contributed by atoms with Crippen molar-refractivity contribution in [1.29, 1.82) is 0 Å². The van der Waals surface area contributed by atoms with Crippen molar-refractivity contribution in [3.05, 3.63) is 40.0 Å². The van der Waals surface area contributed by atoms with Crippen molar-refractivity contribution in [1.82, 2.24) is 9.88 Å². The molecule has 2 aromatic rings. The van der Waals surface area contributed by atoms with Gasteiger partial charge in [0, 0.05) is 29.5 Å². The van der Waals surface area contributed by atoms with Gasteiger partial charge in [-0.3, -0.25) is 4.79 Å². The van der Waals surface area contributed by atoms with E-state index in [2.05, 4.69) is 41.9 Å². The normalized spacial score (nSPS) is 18.0. The molecule has 2 aliphatic rings. The summed E-state index contributed by atoms with van der Waals surface area (Å²) in [4.78, 5) is 19.6. The average Bonchev–Trinajstić information content (AvgIpc) is 3.28. The van der Waals surface area contributed by atoms with E-state index in [4.69, 9.17) is 11.6 Å². The third kappa shape index (κ3) is 3.39. The fourth-order valence-corrected chi connectivity index (χ4v) is 4.33. The largest absolute Gasteiger partial charge is 0.335 e. The number of pyridine rings is 1. The Bertz CT molecular complexity index is 822. The third-order valence-corrected chi connectivity index (χ3v) is 5.92. The molecule has 0 unspecified atom stereocenters. The first-order chi connectivity index (χ1) is 12.0. The summed E-state index contributed by atoms with van der Waals surface area (Å²) in [5.74, 6) is 0.570. The van der Waals surface area contributed by atoms with Gasteiger partial charge < -0.3 is 4.90 Å². The maximum atomic E-state index is 12.8. The van der Waals surface area contributed by atoms with Crippen molar-refractivity contribution in [2.45, 2.75) is 65.0 Å². The van der Waals surface area contributed by atoms with Crippen molar-refractivity contribution in [2.75, 3.05) is 0 Å². The Morgan fingerprint density at radius 3 is 2.56 bits per heavy atom. The number of fused-ring (bicyclic) bond motifs is 1. The van der Waals surface area contributed by atoms with Crippen LogP contribution in [0, 0.1) is 19.8 Å². The fraction of sp³-hybridized carbons (Fsp3) is 0.524. The van der Waals surface area contributed by atoms with E-state index in [1.165, 1.54) is 18.4 Å². The van der Waals surface area contributed by atoms with Gasteiger partial charge in [0.05, 0.1) is 5.52 Å². The smallest absolute Gasteiger partial charge is 0.226 e. The van der Waals surface area contributed by atoms with E-state index in [0.717, 1.165) is 47.7 Å². The molecule has 2 fully saturated rings. The summed E-state index contributed by atoms with van der Waals surface area (Å²) in [5, 5.41) is 1.65. The summed E-state index contributed by atoms with van der Waals surface area (Å²) in [6.45, 7) is 4.76. The summed E-state index contributed by atoms with van der Waals surface area (Å²) in [6, 6.07) is 6.79. The van der Waals surface area contributed by atoms with Crippen LogP contribution in [0.4, 0.5) is 0 Å². The van der Waals surface area contributed by atoms with Gasteiger partial charge >= 0.3 is 0 Å². The lowest BCUT2D eigenvalue weighted by molar-refractivity contribution is -0.135. The minimum atomic E-state index is 0.247. The molecule has 0 bridgehead atoms. The second kappa shape index (κ2) is 6.60. The highest BCUT2D eigenvalue weighted by Gasteiger charge is 2.37. The number of carbonyl (C=O) groups excluding carboxylic acids is 1. The monoisotopic (exact) mass is 356 g/mol. The molecule has 4 rings (SSSR count). The first-order valence-electron chi connectivity index (χ1n) is 9.40. The minimum Gasteiger partial charge on any atom is -0.335 e. The first kappa shape index (κ1) is 16.8. The standard InChI is InChI=1S/C21H25ClN2O/c1-13-9-14(2)19-16(10-13)11-17(20(22)23-19)12-24(18-5-3-4-6-18)21(25)15-7-8-15/h9-11,15,18H,3-8,12H2,1-2H3. The predicted molar refractivity (Wildman–Crippen MR) is 102 cm³/mol. The molecule has 1 aromatic carbocycles. The molecule has 0 atom stereocenters. The van der Waals surface area contributed by atoms with Crippen LogP contribution >= 0.6 is 11.6 Å². The number of aromatic nitrogens is 1. The molecule has 1 heterocycles. The maximum absolute atomic E-state index is 12.8. The second-order valence-corrected chi connectivity index (χ2v) is 8.13. The Kier molecular flexibility index (Phi) is 4.45. The van der Waals surface area contributed by atoms with Crippen molar-refractivity contribution < 1.29 is 4.79 Å². The molecule has 0 saturated heterocycles. The summed E-state index contributed by atoms with van der Waals surface area (Å²) in [7, 11) is 0. The molecule has 3 nitrogen and oxygen atoms in total. The molecular weight excluding hydrogens is 332 g/mol. The highest BCUT2D eigenvalue weighted by atomic mass is 35.5. The van der Waals surface area contributed by atoms with E-state index < -0.39 is 0 Å². The number of hydrogen-bond donors (Lipinski definition) is 0. The van der Waals surface area contributed by atoms with E-state index in [0.29, 0.717) is 23.6 Å². The van der Waals surface area contributed by atoms with Crippen LogP contribution in [0.25, 0.3) is 10.9 Å². The quantitative estimate of drug-likeness (QED) is 0.706. The number of rotatable bonds is 4. The summed E-state index contributed by atoms with van der Waals surface area (Å²) >= 11 is 6.52. The highest BCUT2D eigenvalue weighted by molar-refractivity contribution is 6.30. The van der Waals surface area contributed by atoms with Crippen molar-refractivity contribution >= 4 is 28.4 Å². The van der Waals surface area contributed by atoms with Gasteiger partial charge in [0.15, 0.2) is 0 Å². The first-order valence-corrected chi connectivity index (χ1v) is 9.77. The second-order valence-electron chi connectivity index (χ2n) is 7.77. The molecule has 2 saturated carbocycles. The molecular formula is C21H25ClN2O. The topological polar surface area (TPSA) is 33.2 Å². The maximum Gasteiger partial charge on any atom is 0.226 e. The van der Waals surface area contributed by atoms with Crippen LogP contribution in [0.2, 0.25) is 5.15 Å². The zero-order valence-electron chi connectivity index (χ0n) is 15.0. The summed E-state index contributed by atoms with van der Waals surface area (Å²) < 4.78 is 0. The Morgan fingerprint density at radius 1 is 1.16 bits per heavy atom. The Labute approximate surface area is 154 Å². The Balaban J connectivity index is 1.69. The Morgan fingerprint density at radius 2 is 1.88 bits per heavy atom. The molecule has 25 heavy (non-hydrogen) atoms. The van der Waals surface area contributed by atoms with E-state index in [1.54, 1.807) is 0 Å². The number of amides is 1. The van der Waals surface area contributed by atoms with Gasteiger partial charge in [-0.25, -0.2) is 4.98 Å². The molecule has 1 amide bonds. The number of carbonyl (C=O) groups is 1.